The number of nitriles is 1. The van der Waals surface area contributed by atoms with Gasteiger partial charge in [-0.05, 0) is 12.1 Å². The Balaban J connectivity index is 2.79. The summed E-state index contributed by atoms with van der Waals surface area (Å²) in [4.78, 5) is 0. The largest absolute Gasteiger partial charge is 0.211 e. The molecule has 0 bridgehead atoms. The minimum absolute atomic E-state index is 0.409. The van der Waals surface area contributed by atoms with E-state index < -0.39 is 21.0 Å². The third-order valence-corrected chi connectivity index (χ3v) is 2.64. The first-order chi connectivity index (χ1) is 4.93. The summed E-state index contributed by atoms with van der Waals surface area (Å²) in [7, 11) is 0. The van der Waals surface area contributed by atoms with Gasteiger partial charge in [-0.2, -0.15) is 5.26 Å². The fourth-order valence-corrected chi connectivity index (χ4v) is 1.66. The summed E-state index contributed by atoms with van der Waals surface area (Å²) >= 11 is -0.409. The summed E-state index contributed by atoms with van der Waals surface area (Å²) in [5, 5.41) is 8.14. The Hall–Kier alpha value is -0.760. The first-order valence-electron chi connectivity index (χ1n) is 2.72. The van der Waals surface area contributed by atoms with Crippen molar-refractivity contribution in [2.45, 2.75) is 0 Å². The van der Waals surface area contributed by atoms with Crippen molar-refractivity contribution in [3.63, 3.8) is 0 Å². The molecule has 0 unspecified atom stereocenters. The average Bonchev–Trinajstić information content (AvgIpc) is 2.03. The van der Waals surface area contributed by atoms with Gasteiger partial charge in [0.1, 0.15) is 0 Å². The molecule has 1 rings (SSSR count). The van der Waals surface area contributed by atoms with Crippen LogP contribution in [0.4, 0.5) is 0 Å². The quantitative estimate of drug-likeness (QED) is 0.552. The Morgan fingerprint density at radius 1 is 1.30 bits per heavy atom. The topological polar surface area (TPSA) is 36.1 Å². The summed E-state index contributed by atoms with van der Waals surface area (Å²) < 4.78 is 4.84. The normalized spacial score (nSPS) is 10.3. The van der Waals surface area contributed by atoms with E-state index >= 15 is 0 Å². The molecule has 50 valence electrons. The minimum atomic E-state index is -0.409. The number of benzene rings is 1. The van der Waals surface area contributed by atoms with Crippen LogP contribution < -0.4 is 0 Å². The molecule has 0 aliphatic heterocycles. The first-order valence-corrected chi connectivity index (χ1v) is 4.76. The molecule has 0 fully saturated rings. The zero-order chi connectivity index (χ0) is 7.23. The summed E-state index contributed by atoms with van der Waals surface area (Å²) in [5.74, 6) is 0. The highest BCUT2D eigenvalue weighted by molar-refractivity contribution is 14.2. The second-order valence-electron chi connectivity index (χ2n) is 1.56. The summed E-state index contributed by atoms with van der Waals surface area (Å²) in [6, 6.07) is 9.87. The van der Waals surface area contributed by atoms with Gasteiger partial charge in [-0.25, -0.2) is 0 Å². The van der Waals surface area contributed by atoms with Crippen LogP contribution in [0.5, 0.6) is 0 Å². The fourth-order valence-electron chi connectivity index (χ4n) is 0.539. The molecule has 10 heavy (non-hydrogen) atoms. The van der Waals surface area contributed by atoms with Crippen molar-refractivity contribution in [3.8, 4) is 6.19 Å². The number of rotatable bonds is 1. The van der Waals surface area contributed by atoms with Crippen LogP contribution in [-0.2, 0) is 0 Å². The Morgan fingerprint density at radius 2 is 2.00 bits per heavy atom. The fraction of sp³-hybridized carbons (Fsp3) is 0. The molecule has 1 aromatic carbocycles. The van der Waals surface area contributed by atoms with Gasteiger partial charge >= 0.3 is 0 Å². The maximum absolute atomic E-state index is 8.14. The lowest BCUT2D eigenvalue weighted by atomic mass is 10.4. The van der Waals surface area contributed by atoms with Gasteiger partial charge in [0.2, 0.25) is 6.19 Å². The maximum atomic E-state index is 8.14. The molecule has 0 heterocycles. The molecule has 1 aromatic rings. The van der Waals surface area contributed by atoms with Crippen molar-refractivity contribution in [3.05, 3.63) is 33.9 Å². The lowest BCUT2D eigenvalue weighted by Gasteiger charge is -1.84. The average molecular weight is 244 g/mol. The first kappa shape index (κ1) is 7.35. The van der Waals surface area contributed by atoms with E-state index in [2.05, 4.69) is 3.15 Å². The van der Waals surface area contributed by atoms with E-state index in [0.717, 1.165) is 0 Å². The number of halogens is 1. The van der Waals surface area contributed by atoms with Crippen LogP contribution in [0.25, 0.3) is 0 Å². The molecular formula is C7H5IN2. The number of hydrogen-bond donors (Lipinski definition) is 0. The van der Waals surface area contributed by atoms with Crippen molar-refractivity contribution >= 4 is 21.0 Å². The molecule has 0 aliphatic rings. The van der Waals surface area contributed by atoms with E-state index in [1.807, 2.05) is 30.3 Å². The predicted octanol–water partition coefficient (Wildman–Crippen LogP) is 2.49. The van der Waals surface area contributed by atoms with Crippen LogP contribution in [0, 0.1) is 15.0 Å². The van der Waals surface area contributed by atoms with Gasteiger partial charge in [-0.15, -0.1) is 3.15 Å². The van der Waals surface area contributed by atoms with Gasteiger partial charge in [-0.1, -0.05) is 18.2 Å². The highest BCUT2D eigenvalue weighted by atomic mass is 127. The van der Waals surface area contributed by atoms with Gasteiger partial charge < -0.3 is 0 Å². The third kappa shape index (κ3) is 2.23. The highest BCUT2D eigenvalue weighted by Gasteiger charge is 1.81. The van der Waals surface area contributed by atoms with E-state index in [4.69, 9.17) is 5.26 Å². The van der Waals surface area contributed by atoms with E-state index in [1.54, 1.807) is 6.19 Å². The van der Waals surface area contributed by atoms with Crippen molar-refractivity contribution in [2.24, 2.45) is 3.15 Å². The van der Waals surface area contributed by atoms with Gasteiger partial charge in [-0.3, -0.25) is 0 Å². The molecule has 2 nitrogen and oxygen atoms in total. The van der Waals surface area contributed by atoms with Gasteiger partial charge in [0.05, 0.1) is 0 Å². The molecule has 3 heteroatoms. The van der Waals surface area contributed by atoms with Crippen molar-refractivity contribution in [1.29, 1.82) is 5.26 Å². The van der Waals surface area contributed by atoms with Crippen LogP contribution >= 0.6 is 21.0 Å². The Morgan fingerprint density at radius 3 is 2.60 bits per heavy atom. The Bertz CT molecular complexity index is 261. The zero-order valence-electron chi connectivity index (χ0n) is 5.16. The lowest BCUT2D eigenvalue weighted by Crippen LogP contribution is -1.63. The molecule has 0 aliphatic carbocycles. The molecule has 0 N–H and O–H groups in total. The van der Waals surface area contributed by atoms with Gasteiger partial charge in [0.15, 0.2) is 0 Å². The van der Waals surface area contributed by atoms with Crippen molar-refractivity contribution in [2.75, 3.05) is 0 Å². The maximum Gasteiger partial charge on any atom is 0.211 e. The number of hydrogen-bond acceptors (Lipinski definition) is 2. The predicted molar refractivity (Wildman–Crippen MR) is 47.2 cm³/mol. The molecule has 0 saturated carbocycles. The second kappa shape index (κ2) is 4.12. The van der Waals surface area contributed by atoms with Crippen LogP contribution in [0.15, 0.2) is 33.5 Å². The van der Waals surface area contributed by atoms with Gasteiger partial charge in [0, 0.05) is 24.6 Å². The second-order valence-corrected chi connectivity index (χ2v) is 3.78. The SMILES string of the molecule is N#CN=Ic1ccccc1. The van der Waals surface area contributed by atoms with Crippen LogP contribution in [-0.4, -0.2) is 0 Å². The lowest BCUT2D eigenvalue weighted by molar-refractivity contribution is 1.47. The molecule has 0 spiro atoms. The molecule has 0 aromatic heterocycles. The van der Waals surface area contributed by atoms with E-state index in [1.165, 1.54) is 3.57 Å². The highest BCUT2D eigenvalue weighted by Crippen LogP contribution is 2.11. The van der Waals surface area contributed by atoms with E-state index in [0.29, 0.717) is 0 Å². The zero-order valence-corrected chi connectivity index (χ0v) is 7.32. The summed E-state index contributed by atoms with van der Waals surface area (Å²) in [6.07, 6.45) is 1.79. The minimum Gasteiger partial charge on any atom is -0.170 e. The van der Waals surface area contributed by atoms with Crippen molar-refractivity contribution in [1.82, 2.24) is 0 Å². The Labute approximate surface area is 69.7 Å². The molecule has 0 amide bonds. The van der Waals surface area contributed by atoms with Crippen LogP contribution in [0.3, 0.4) is 0 Å². The van der Waals surface area contributed by atoms with E-state index in [9.17, 15) is 0 Å². The standard InChI is InChI=1S/C7H5IN2/c9-6-10-8-7-4-2-1-3-5-7/h1-5H. The monoisotopic (exact) mass is 244 g/mol. The van der Waals surface area contributed by atoms with Crippen molar-refractivity contribution < 1.29 is 0 Å². The molecule has 0 atom stereocenters. The Kier molecular flexibility index (Phi) is 3.03. The van der Waals surface area contributed by atoms with Crippen LogP contribution in [0.2, 0.25) is 0 Å². The molecule has 0 saturated heterocycles. The van der Waals surface area contributed by atoms with Gasteiger partial charge in [0.25, 0.3) is 0 Å². The smallest absolute Gasteiger partial charge is 0.170 e. The number of nitrogens with zero attached hydrogens (tertiary/aromatic N) is 2. The summed E-state index contributed by atoms with van der Waals surface area (Å²) in [6.45, 7) is 0. The van der Waals surface area contributed by atoms with Crippen LogP contribution in [0.1, 0.15) is 0 Å². The van der Waals surface area contributed by atoms with E-state index in [-0.39, 0.29) is 0 Å². The third-order valence-electron chi connectivity index (χ3n) is 0.911. The molecular weight excluding hydrogens is 239 g/mol. The molecule has 0 radical (unpaired) electrons. The summed E-state index contributed by atoms with van der Waals surface area (Å²) in [5.41, 5.74) is 0.